The fourth-order valence-electron chi connectivity index (χ4n) is 1.67. The molecule has 3 nitrogen and oxygen atoms in total. The maximum absolute atomic E-state index is 12.0. The average molecular weight is 276 g/mol. The van der Waals surface area contributed by atoms with E-state index >= 15 is 0 Å². The molecule has 19 heavy (non-hydrogen) atoms. The smallest absolute Gasteiger partial charge is 0.370 e. The average Bonchev–Trinajstić information content (AvgIpc) is 2.38. The number of halogens is 3. The van der Waals surface area contributed by atoms with Crippen molar-refractivity contribution in [3.63, 3.8) is 0 Å². The van der Waals surface area contributed by atoms with E-state index in [1.54, 1.807) is 24.4 Å². The van der Waals surface area contributed by atoms with E-state index in [1.165, 1.54) is 0 Å². The third-order valence-corrected chi connectivity index (χ3v) is 2.74. The van der Waals surface area contributed by atoms with Crippen molar-refractivity contribution in [1.82, 2.24) is 4.98 Å². The second-order valence-corrected chi connectivity index (χ2v) is 4.34. The van der Waals surface area contributed by atoms with Crippen molar-refractivity contribution < 1.29 is 17.9 Å². The molecule has 0 fully saturated rings. The molecule has 0 aliphatic carbocycles. The largest absolute Gasteiger partial charge is 0.389 e. The number of nitrogens with zero attached hydrogens (tertiary/aromatic N) is 1. The molecule has 1 aromatic rings. The van der Waals surface area contributed by atoms with Gasteiger partial charge in [-0.05, 0) is 25.0 Å². The Hall–Kier alpha value is -1.14. The van der Waals surface area contributed by atoms with Crippen molar-refractivity contribution in [3.8, 4) is 0 Å². The van der Waals surface area contributed by atoms with Gasteiger partial charge in [0.05, 0.1) is 5.69 Å². The van der Waals surface area contributed by atoms with E-state index in [0.717, 1.165) is 0 Å². The predicted molar refractivity (Wildman–Crippen MR) is 66.5 cm³/mol. The lowest BCUT2D eigenvalue weighted by molar-refractivity contribution is -0.139. The molecular formula is C13H19F3N2O. The summed E-state index contributed by atoms with van der Waals surface area (Å²) in [6.45, 7) is 1.92. The molecule has 1 heterocycles. The zero-order valence-electron chi connectivity index (χ0n) is 10.9. The number of aromatic nitrogens is 1. The van der Waals surface area contributed by atoms with Crippen molar-refractivity contribution in [2.45, 2.75) is 44.5 Å². The molecule has 0 aromatic carbocycles. The number of nitrogens with two attached hydrogens (primary N) is 1. The molecular weight excluding hydrogens is 257 g/mol. The van der Waals surface area contributed by atoms with Crippen LogP contribution in [0.2, 0.25) is 0 Å². The van der Waals surface area contributed by atoms with Crippen LogP contribution < -0.4 is 5.73 Å². The highest BCUT2D eigenvalue weighted by Gasteiger charge is 2.27. The minimum absolute atomic E-state index is 0.0223. The van der Waals surface area contributed by atoms with Gasteiger partial charge in [0.2, 0.25) is 0 Å². The quantitative estimate of drug-likeness (QED) is 0.778. The van der Waals surface area contributed by atoms with E-state index in [2.05, 4.69) is 4.98 Å². The van der Waals surface area contributed by atoms with Crippen LogP contribution in [-0.2, 0) is 4.74 Å². The SMILES string of the molecule is CCC(N)C(OCCCC(F)(F)F)c1ccccn1. The Morgan fingerprint density at radius 2 is 2.11 bits per heavy atom. The van der Waals surface area contributed by atoms with Crippen LogP contribution in [0.25, 0.3) is 0 Å². The van der Waals surface area contributed by atoms with Gasteiger partial charge in [-0.3, -0.25) is 4.98 Å². The Bertz CT molecular complexity index is 357. The Morgan fingerprint density at radius 1 is 1.37 bits per heavy atom. The minimum atomic E-state index is -4.14. The molecule has 0 saturated heterocycles. The van der Waals surface area contributed by atoms with Gasteiger partial charge < -0.3 is 10.5 Å². The molecule has 0 spiro atoms. The molecule has 2 unspecified atom stereocenters. The van der Waals surface area contributed by atoms with Gasteiger partial charge in [0.15, 0.2) is 0 Å². The topological polar surface area (TPSA) is 48.1 Å². The number of alkyl halides is 3. The van der Waals surface area contributed by atoms with E-state index < -0.39 is 18.7 Å². The second-order valence-electron chi connectivity index (χ2n) is 4.34. The van der Waals surface area contributed by atoms with Gasteiger partial charge in [-0.1, -0.05) is 13.0 Å². The second kappa shape index (κ2) is 7.45. The Balaban J connectivity index is 2.52. The van der Waals surface area contributed by atoms with Crippen molar-refractivity contribution in [3.05, 3.63) is 30.1 Å². The van der Waals surface area contributed by atoms with Gasteiger partial charge in [0, 0.05) is 25.3 Å². The highest BCUT2D eigenvalue weighted by Crippen LogP contribution is 2.24. The fraction of sp³-hybridized carbons (Fsp3) is 0.615. The van der Waals surface area contributed by atoms with Crippen LogP contribution in [0.5, 0.6) is 0 Å². The molecule has 0 amide bonds. The van der Waals surface area contributed by atoms with Crippen molar-refractivity contribution in [2.75, 3.05) is 6.61 Å². The van der Waals surface area contributed by atoms with Crippen LogP contribution in [-0.4, -0.2) is 23.8 Å². The maximum Gasteiger partial charge on any atom is 0.389 e. The molecule has 2 N–H and O–H groups in total. The normalized spacial score (nSPS) is 15.2. The lowest BCUT2D eigenvalue weighted by atomic mass is 10.1. The van der Waals surface area contributed by atoms with Crippen molar-refractivity contribution in [1.29, 1.82) is 0 Å². The predicted octanol–water partition coefficient (Wildman–Crippen LogP) is 3.22. The van der Waals surface area contributed by atoms with Gasteiger partial charge in [0.25, 0.3) is 0 Å². The standard InChI is InChI=1S/C13H19F3N2O/c1-2-10(17)12(11-6-3-4-8-18-11)19-9-5-7-13(14,15)16/h3-4,6,8,10,12H,2,5,7,9,17H2,1H3. The van der Waals surface area contributed by atoms with Crippen LogP contribution in [0.1, 0.15) is 38.0 Å². The van der Waals surface area contributed by atoms with Crippen LogP contribution >= 0.6 is 0 Å². The Labute approximate surface area is 111 Å². The monoisotopic (exact) mass is 276 g/mol. The first-order chi connectivity index (χ1) is 8.94. The Kier molecular flexibility index (Phi) is 6.24. The third-order valence-electron chi connectivity index (χ3n) is 2.74. The van der Waals surface area contributed by atoms with Gasteiger partial charge in [-0.2, -0.15) is 13.2 Å². The van der Waals surface area contributed by atoms with Gasteiger partial charge in [0.1, 0.15) is 6.10 Å². The lowest BCUT2D eigenvalue weighted by Gasteiger charge is -2.23. The highest BCUT2D eigenvalue weighted by atomic mass is 19.4. The summed E-state index contributed by atoms with van der Waals surface area (Å²) in [6, 6.07) is 5.06. The van der Waals surface area contributed by atoms with E-state index in [0.29, 0.717) is 12.1 Å². The Morgan fingerprint density at radius 3 is 2.63 bits per heavy atom. The molecule has 1 rings (SSSR count). The molecule has 0 aliphatic heterocycles. The summed E-state index contributed by atoms with van der Waals surface area (Å²) in [5, 5.41) is 0. The summed E-state index contributed by atoms with van der Waals surface area (Å²) in [5.41, 5.74) is 6.59. The van der Waals surface area contributed by atoms with E-state index in [9.17, 15) is 13.2 Å². The van der Waals surface area contributed by atoms with Gasteiger partial charge in [-0.25, -0.2) is 0 Å². The summed E-state index contributed by atoms with van der Waals surface area (Å²) >= 11 is 0. The van der Waals surface area contributed by atoms with Crippen LogP contribution in [0.15, 0.2) is 24.4 Å². The van der Waals surface area contributed by atoms with Crippen LogP contribution in [0.3, 0.4) is 0 Å². The summed E-state index contributed by atoms with van der Waals surface area (Å²) in [6.07, 6.45) is -3.23. The summed E-state index contributed by atoms with van der Waals surface area (Å²) in [5.74, 6) is 0. The number of hydrogen-bond acceptors (Lipinski definition) is 3. The summed E-state index contributed by atoms with van der Waals surface area (Å²) < 4.78 is 41.6. The maximum atomic E-state index is 12.0. The number of ether oxygens (including phenoxy) is 1. The van der Waals surface area contributed by atoms with Gasteiger partial charge in [-0.15, -0.1) is 0 Å². The molecule has 0 saturated carbocycles. The first kappa shape index (κ1) is 15.9. The molecule has 6 heteroatoms. The first-order valence-corrected chi connectivity index (χ1v) is 6.29. The number of rotatable bonds is 7. The molecule has 0 bridgehead atoms. The zero-order chi connectivity index (χ0) is 14.3. The van der Waals surface area contributed by atoms with E-state index in [1.807, 2.05) is 6.92 Å². The highest BCUT2D eigenvalue weighted by molar-refractivity contribution is 5.09. The molecule has 0 aliphatic rings. The lowest BCUT2D eigenvalue weighted by Crippen LogP contribution is -2.30. The van der Waals surface area contributed by atoms with Crippen molar-refractivity contribution in [2.24, 2.45) is 5.73 Å². The van der Waals surface area contributed by atoms with Gasteiger partial charge >= 0.3 is 6.18 Å². The fourth-order valence-corrected chi connectivity index (χ4v) is 1.67. The first-order valence-electron chi connectivity index (χ1n) is 6.29. The molecule has 1 aromatic heterocycles. The number of hydrogen-bond donors (Lipinski definition) is 1. The minimum Gasteiger partial charge on any atom is -0.370 e. The third kappa shape index (κ3) is 6.02. The van der Waals surface area contributed by atoms with E-state index in [-0.39, 0.29) is 19.1 Å². The van der Waals surface area contributed by atoms with Crippen molar-refractivity contribution >= 4 is 0 Å². The van der Waals surface area contributed by atoms with E-state index in [4.69, 9.17) is 10.5 Å². The molecule has 2 atom stereocenters. The molecule has 0 radical (unpaired) electrons. The van der Waals surface area contributed by atoms with Crippen LogP contribution in [0.4, 0.5) is 13.2 Å². The summed E-state index contributed by atoms with van der Waals surface area (Å²) in [7, 11) is 0. The number of pyridine rings is 1. The van der Waals surface area contributed by atoms with Crippen LogP contribution in [0, 0.1) is 0 Å². The molecule has 108 valence electrons. The zero-order valence-corrected chi connectivity index (χ0v) is 10.9. The summed E-state index contributed by atoms with van der Waals surface area (Å²) in [4.78, 5) is 4.15.